The molecule has 0 radical (unpaired) electrons. The molecule has 0 spiro atoms. The highest BCUT2D eigenvalue weighted by Gasteiger charge is 2.30. The Morgan fingerprint density at radius 2 is 1.75 bits per heavy atom. The summed E-state index contributed by atoms with van der Waals surface area (Å²) in [6, 6.07) is 5.10. The van der Waals surface area contributed by atoms with Crippen LogP contribution in [-0.2, 0) is 10.7 Å². The lowest BCUT2D eigenvalue weighted by Gasteiger charge is -2.25. The van der Waals surface area contributed by atoms with Crippen LogP contribution in [0.25, 0.3) is 0 Å². The largest absolute Gasteiger partial charge is 0.443 e. The first-order chi connectivity index (χ1) is 9.07. The van der Waals surface area contributed by atoms with Crippen LogP contribution < -0.4 is 4.90 Å². The SMILES string of the molecule is CN(C(=O)OC(C)(C)C)c1ccc(C(F)(F)CO)cc1. The first-order valence-electron chi connectivity index (χ1n) is 6.13. The molecule has 0 aliphatic heterocycles. The summed E-state index contributed by atoms with van der Waals surface area (Å²) >= 11 is 0. The van der Waals surface area contributed by atoms with Crippen molar-refractivity contribution in [2.24, 2.45) is 0 Å². The Morgan fingerprint density at radius 1 is 1.25 bits per heavy atom. The van der Waals surface area contributed by atoms with Crippen molar-refractivity contribution in [1.82, 2.24) is 0 Å². The van der Waals surface area contributed by atoms with E-state index in [0.29, 0.717) is 5.69 Å². The minimum Gasteiger partial charge on any atom is -0.443 e. The van der Waals surface area contributed by atoms with Gasteiger partial charge in [0.1, 0.15) is 12.2 Å². The molecule has 0 aliphatic rings. The van der Waals surface area contributed by atoms with Crippen molar-refractivity contribution >= 4 is 11.8 Å². The summed E-state index contributed by atoms with van der Waals surface area (Å²) in [6.45, 7) is 3.96. The highest BCUT2D eigenvalue weighted by molar-refractivity contribution is 5.87. The fourth-order valence-electron chi connectivity index (χ4n) is 1.46. The molecule has 20 heavy (non-hydrogen) atoms. The number of anilines is 1. The summed E-state index contributed by atoms with van der Waals surface area (Å²) in [6.07, 6.45) is -0.570. The molecule has 0 fully saturated rings. The van der Waals surface area contributed by atoms with E-state index < -0.39 is 24.2 Å². The van der Waals surface area contributed by atoms with Crippen molar-refractivity contribution in [3.63, 3.8) is 0 Å². The Kier molecular flexibility index (Phi) is 4.70. The lowest BCUT2D eigenvalue weighted by molar-refractivity contribution is -0.0556. The van der Waals surface area contributed by atoms with Gasteiger partial charge in [0.05, 0.1) is 0 Å². The van der Waals surface area contributed by atoms with Gasteiger partial charge in [-0.15, -0.1) is 0 Å². The summed E-state index contributed by atoms with van der Waals surface area (Å²) in [4.78, 5) is 13.0. The average molecular weight is 287 g/mol. The third-order valence-electron chi connectivity index (χ3n) is 2.54. The van der Waals surface area contributed by atoms with E-state index in [4.69, 9.17) is 9.84 Å². The molecule has 4 nitrogen and oxygen atoms in total. The smallest absolute Gasteiger partial charge is 0.414 e. The minimum absolute atomic E-state index is 0.304. The van der Waals surface area contributed by atoms with Gasteiger partial charge in [0.25, 0.3) is 5.92 Å². The van der Waals surface area contributed by atoms with Crippen LogP contribution in [-0.4, -0.2) is 30.5 Å². The topological polar surface area (TPSA) is 49.8 Å². The number of aliphatic hydroxyl groups is 1. The average Bonchev–Trinajstić information content (AvgIpc) is 2.36. The predicted molar refractivity (Wildman–Crippen MR) is 72.1 cm³/mol. The Bertz CT molecular complexity index is 466. The quantitative estimate of drug-likeness (QED) is 0.929. The van der Waals surface area contributed by atoms with E-state index in [1.807, 2.05) is 0 Å². The molecule has 0 heterocycles. The minimum atomic E-state index is -3.29. The van der Waals surface area contributed by atoms with E-state index in [0.717, 1.165) is 0 Å². The fraction of sp³-hybridized carbons (Fsp3) is 0.500. The van der Waals surface area contributed by atoms with E-state index in [2.05, 4.69) is 0 Å². The monoisotopic (exact) mass is 287 g/mol. The van der Waals surface area contributed by atoms with Crippen molar-refractivity contribution in [2.75, 3.05) is 18.6 Å². The second-order valence-corrected chi connectivity index (χ2v) is 5.45. The molecule has 0 atom stereocenters. The Hall–Kier alpha value is -1.69. The highest BCUT2D eigenvalue weighted by atomic mass is 19.3. The molecule has 0 bridgehead atoms. The summed E-state index contributed by atoms with van der Waals surface area (Å²) in [5.41, 5.74) is -0.507. The van der Waals surface area contributed by atoms with Crippen LogP contribution in [0.5, 0.6) is 0 Å². The number of rotatable bonds is 3. The van der Waals surface area contributed by atoms with Gasteiger partial charge in [-0.05, 0) is 32.9 Å². The first kappa shape index (κ1) is 16.4. The number of carbonyl (C=O) groups excluding carboxylic acids is 1. The summed E-state index contributed by atoms with van der Waals surface area (Å²) in [5, 5.41) is 8.61. The fourth-order valence-corrected chi connectivity index (χ4v) is 1.46. The number of amides is 1. The van der Waals surface area contributed by atoms with Crippen LogP contribution in [0.4, 0.5) is 19.3 Å². The van der Waals surface area contributed by atoms with E-state index in [1.165, 1.54) is 36.2 Å². The van der Waals surface area contributed by atoms with Crippen LogP contribution >= 0.6 is 0 Å². The van der Waals surface area contributed by atoms with Crippen LogP contribution in [0.1, 0.15) is 26.3 Å². The van der Waals surface area contributed by atoms with E-state index >= 15 is 0 Å². The van der Waals surface area contributed by atoms with Gasteiger partial charge in [-0.1, -0.05) is 12.1 Å². The zero-order valence-corrected chi connectivity index (χ0v) is 12.0. The van der Waals surface area contributed by atoms with Crippen LogP contribution in [0.3, 0.4) is 0 Å². The van der Waals surface area contributed by atoms with Gasteiger partial charge in [-0.3, -0.25) is 4.90 Å². The van der Waals surface area contributed by atoms with Crippen molar-refractivity contribution < 1.29 is 23.4 Å². The molecule has 0 aromatic heterocycles. The number of hydrogen-bond acceptors (Lipinski definition) is 3. The van der Waals surface area contributed by atoms with E-state index in [9.17, 15) is 13.6 Å². The zero-order chi connectivity index (χ0) is 15.6. The van der Waals surface area contributed by atoms with Crippen molar-refractivity contribution in [3.8, 4) is 0 Å². The maximum absolute atomic E-state index is 13.2. The van der Waals surface area contributed by atoms with Gasteiger partial charge in [-0.2, -0.15) is 8.78 Å². The van der Waals surface area contributed by atoms with Crippen molar-refractivity contribution in [2.45, 2.75) is 32.3 Å². The lowest BCUT2D eigenvalue weighted by Crippen LogP contribution is -2.34. The Labute approximate surface area is 117 Å². The molecule has 1 amide bonds. The molecule has 6 heteroatoms. The van der Waals surface area contributed by atoms with Crippen LogP contribution in [0.2, 0.25) is 0 Å². The number of carbonyl (C=O) groups is 1. The molecule has 0 saturated heterocycles. The van der Waals surface area contributed by atoms with Crippen molar-refractivity contribution in [3.05, 3.63) is 29.8 Å². The number of hydrogen-bond donors (Lipinski definition) is 1. The van der Waals surface area contributed by atoms with Crippen LogP contribution in [0, 0.1) is 0 Å². The molecule has 1 aromatic carbocycles. The molecule has 0 unspecified atom stereocenters. The van der Waals surface area contributed by atoms with Gasteiger partial charge >= 0.3 is 6.09 Å². The third kappa shape index (κ3) is 4.16. The summed E-state index contributed by atoms with van der Waals surface area (Å²) < 4.78 is 31.7. The van der Waals surface area contributed by atoms with Gasteiger partial charge in [-0.25, -0.2) is 4.79 Å². The number of benzene rings is 1. The molecule has 1 rings (SSSR count). The molecule has 0 aliphatic carbocycles. The first-order valence-corrected chi connectivity index (χ1v) is 6.13. The van der Waals surface area contributed by atoms with Gasteiger partial charge in [0, 0.05) is 18.3 Å². The second-order valence-electron chi connectivity index (χ2n) is 5.45. The molecular weight excluding hydrogens is 268 g/mol. The molecular formula is C14H19F2NO3. The second kappa shape index (κ2) is 5.75. The zero-order valence-electron chi connectivity index (χ0n) is 12.0. The van der Waals surface area contributed by atoms with Gasteiger partial charge in [0.15, 0.2) is 0 Å². The van der Waals surface area contributed by atoms with E-state index in [-0.39, 0.29) is 5.56 Å². The third-order valence-corrected chi connectivity index (χ3v) is 2.54. The molecule has 112 valence electrons. The number of aliphatic hydroxyl groups excluding tert-OH is 1. The molecule has 1 aromatic rings. The van der Waals surface area contributed by atoms with Gasteiger partial charge in [0.2, 0.25) is 0 Å². The number of halogens is 2. The maximum atomic E-state index is 13.2. The normalized spacial score (nSPS) is 12.2. The Morgan fingerprint density at radius 3 is 2.15 bits per heavy atom. The summed E-state index contributed by atoms with van der Waals surface area (Å²) in [7, 11) is 1.49. The lowest BCUT2D eigenvalue weighted by atomic mass is 10.1. The maximum Gasteiger partial charge on any atom is 0.414 e. The van der Waals surface area contributed by atoms with Gasteiger partial charge < -0.3 is 9.84 Å². The standard InChI is InChI=1S/C14H19F2NO3/c1-13(2,3)20-12(19)17(4)11-7-5-10(6-8-11)14(15,16)9-18/h5-8,18H,9H2,1-4H3. The number of ether oxygens (including phenoxy) is 1. The van der Waals surface area contributed by atoms with E-state index in [1.54, 1.807) is 20.8 Å². The van der Waals surface area contributed by atoms with Crippen LogP contribution in [0.15, 0.2) is 24.3 Å². The Balaban J connectivity index is 2.86. The number of alkyl halides is 2. The molecule has 0 saturated carbocycles. The molecule has 1 N–H and O–H groups in total. The summed E-state index contributed by atoms with van der Waals surface area (Å²) in [5.74, 6) is -3.29. The predicted octanol–water partition coefficient (Wildman–Crippen LogP) is 3.14. The number of nitrogens with zero attached hydrogens (tertiary/aromatic N) is 1. The highest BCUT2D eigenvalue weighted by Crippen LogP contribution is 2.28. The van der Waals surface area contributed by atoms with Crippen molar-refractivity contribution in [1.29, 1.82) is 0 Å².